The highest BCUT2D eigenvalue weighted by Gasteiger charge is 2.61. The Morgan fingerprint density at radius 2 is 1.78 bits per heavy atom. The van der Waals surface area contributed by atoms with E-state index in [9.17, 15) is 45.6 Å². The molecule has 2 aliphatic carbocycles. The first-order valence-corrected chi connectivity index (χ1v) is 14.9. The van der Waals surface area contributed by atoms with Crippen molar-refractivity contribution in [2.75, 3.05) is 26.3 Å². The number of nitrogens with one attached hydrogen (secondary N) is 2. The summed E-state index contributed by atoms with van der Waals surface area (Å²) in [4.78, 5) is 17.0. The third kappa shape index (κ3) is 8.01. The Kier molecular flexibility index (Phi) is 11.3. The van der Waals surface area contributed by atoms with Crippen molar-refractivity contribution < 1.29 is 65.0 Å². The first kappa shape index (κ1) is 36.0. The molecule has 4 fully saturated rings. The van der Waals surface area contributed by atoms with Gasteiger partial charge in [-0.05, 0) is 13.3 Å². The number of aliphatic hydroxyl groups excluding tert-OH is 7. The van der Waals surface area contributed by atoms with E-state index in [0.29, 0.717) is 0 Å². The van der Waals surface area contributed by atoms with Crippen molar-refractivity contribution in [1.29, 1.82) is 0 Å². The summed E-state index contributed by atoms with van der Waals surface area (Å²) in [6, 6.07) is -3.00. The topological polar surface area (TPSA) is 341 Å². The zero-order valence-electron chi connectivity index (χ0n) is 24.9. The molecule has 4 aliphatic rings. The van der Waals surface area contributed by atoms with E-state index in [1.165, 1.54) is 6.92 Å². The van der Waals surface area contributed by atoms with Gasteiger partial charge >= 0.3 is 0 Å². The molecule has 0 radical (unpaired) electrons. The third-order valence-corrected chi connectivity index (χ3v) is 8.94. The number of guanidine groups is 1. The molecule has 45 heavy (non-hydrogen) atoms. The molecule has 19 heteroatoms. The minimum absolute atomic E-state index is 0.0672. The summed E-state index contributed by atoms with van der Waals surface area (Å²) in [5.74, 6) is -2.36. The van der Waals surface area contributed by atoms with Gasteiger partial charge in [0.05, 0.1) is 55.3 Å². The van der Waals surface area contributed by atoms with E-state index in [1.807, 2.05) is 0 Å². The molecule has 0 bridgehead atoms. The van der Waals surface area contributed by atoms with E-state index < -0.39 is 109 Å². The van der Waals surface area contributed by atoms with Crippen LogP contribution in [-0.2, 0) is 19.0 Å². The van der Waals surface area contributed by atoms with E-state index in [2.05, 4.69) is 15.6 Å². The van der Waals surface area contributed by atoms with Gasteiger partial charge in [0.15, 0.2) is 17.9 Å². The van der Waals surface area contributed by atoms with Gasteiger partial charge in [-0.2, -0.15) is 0 Å². The molecule has 1 amide bonds. The van der Waals surface area contributed by atoms with E-state index in [-0.39, 0.29) is 44.9 Å². The Morgan fingerprint density at radius 1 is 1.09 bits per heavy atom. The standard InChI is InChI=1S/C26H48N6O13/c1-25(41)3-12(35)22(43-8-25)45-20-11(31-23(40)26(42)4-14(26)32-24(28)29)2-10(27)15(17(20)37)21-19(39)18(38)16(36)13(44-21)6-30-5-9(34)7-33/h9-22,30,33-39,41-42H,2-8,27H2,1H3,(H,31,40)(H4,28,29,32). The van der Waals surface area contributed by atoms with Gasteiger partial charge in [0.1, 0.15) is 30.5 Å². The van der Waals surface area contributed by atoms with Crippen LogP contribution in [0.1, 0.15) is 26.2 Å². The average Bonchev–Trinajstić information content (AvgIpc) is 3.61. The molecular formula is C26H48N6O13. The third-order valence-electron chi connectivity index (χ3n) is 8.94. The van der Waals surface area contributed by atoms with Crippen LogP contribution >= 0.6 is 0 Å². The van der Waals surface area contributed by atoms with Crippen molar-refractivity contribution in [3.8, 4) is 0 Å². The number of amides is 1. The van der Waals surface area contributed by atoms with Crippen LogP contribution in [0.25, 0.3) is 0 Å². The van der Waals surface area contributed by atoms with Gasteiger partial charge in [0, 0.05) is 37.9 Å². The molecule has 17 N–H and O–H groups in total. The molecule has 4 rings (SSSR count). The fourth-order valence-electron chi connectivity index (χ4n) is 6.34. The monoisotopic (exact) mass is 652 g/mol. The lowest BCUT2D eigenvalue weighted by molar-refractivity contribution is -0.297. The lowest BCUT2D eigenvalue weighted by atomic mass is 9.72. The maximum atomic E-state index is 13.1. The predicted octanol–water partition coefficient (Wildman–Crippen LogP) is -8.01. The van der Waals surface area contributed by atoms with Gasteiger partial charge in [-0.3, -0.25) is 4.79 Å². The van der Waals surface area contributed by atoms with E-state index in [4.69, 9.17) is 36.5 Å². The van der Waals surface area contributed by atoms with Gasteiger partial charge in [-0.25, -0.2) is 4.99 Å². The summed E-state index contributed by atoms with van der Waals surface area (Å²) in [5, 5.41) is 99.6. The molecule has 16 atom stereocenters. The predicted molar refractivity (Wildman–Crippen MR) is 152 cm³/mol. The van der Waals surface area contributed by atoms with Gasteiger partial charge in [-0.1, -0.05) is 0 Å². The van der Waals surface area contributed by atoms with Crippen LogP contribution in [0.3, 0.4) is 0 Å². The Hall–Kier alpha value is -1.82. The molecule has 2 saturated carbocycles. The Morgan fingerprint density at radius 3 is 2.40 bits per heavy atom. The normalized spacial score (nSPS) is 47.5. The minimum atomic E-state index is -1.94. The van der Waals surface area contributed by atoms with Crippen LogP contribution in [-0.4, -0.2) is 175 Å². The first-order chi connectivity index (χ1) is 21.0. The van der Waals surface area contributed by atoms with Crippen molar-refractivity contribution in [3.05, 3.63) is 0 Å². The number of aliphatic imine (C=N–C) groups is 1. The van der Waals surface area contributed by atoms with Crippen LogP contribution in [0, 0.1) is 5.92 Å². The van der Waals surface area contributed by atoms with Crippen molar-refractivity contribution in [2.24, 2.45) is 28.1 Å². The number of rotatable bonds is 11. The number of carbonyl (C=O) groups excluding carboxylic acids is 1. The zero-order chi connectivity index (χ0) is 33.4. The van der Waals surface area contributed by atoms with Crippen molar-refractivity contribution in [2.45, 2.75) is 117 Å². The Balaban J connectivity index is 1.56. The maximum Gasteiger partial charge on any atom is 0.254 e. The second-order valence-corrected chi connectivity index (χ2v) is 12.9. The fraction of sp³-hybridized carbons (Fsp3) is 0.923. The van der Waals surface area contributed by atoms with Crippen molar-refractivity contribution in [3.63, 3.8) is 0 Å². The van der Waals surface area contributed by atoms with Crippen molar-refractivity contribution >= 4 is 11.9 Å². The fourth-order valence-corrected chi connectivity index (χ4v) is 6.34. The summed E-state index contributed by atoms with van der Waals surface area (Å²) in [7, 11) is 0. The van der Waals surface area contributed by atoms with E-state index in [0.717, 1.165) is 0 Å². The minimum Gasteiger partial charge on any atom is -0.394 e. The largest absolute Gasteiger partial charge is 0.394 e. The summed E-state index contributed by atoms with van der Waals surface area (Å²) in [6.07, 6.45) is -14.7. The second kappa shape index (κ2) is 14.1. The molecule has 0 aromatic heterocycles. The summed E-state index contributed by atoms with van der Waals surface area (Å²) in [6.45, 7) is 0.540. The van der Waals surface area contributed by atoms with E-state index in [1.54, 1.807) is 0 Å². The molecule has 0 spiro atoms. The molecule has 19 nitrogen and oxygen atoms in total. The smallest absolute Gasteiger partial charge is 0.254 e. The zero-order valence-corrected chi connectivity index (χ0v) is 24.9. The number of nitrogens with zero attached hydrogens (tertiary/aromatic N) is 1. The average molecular weight is 653 g/mol. The van der Waals surface area contributed by atoms with Gasteiger partial charge < -0.3 is 88.0 Å². The summed E-state index contributed by atoms with van der Waals surface area (Å²) >= 11 is 0. The molecule has 260 valence electrons. The van der Waals surface area contributed by atoms with E-state index >= 15 is 0 Å². The number of ether oxygens (including phenoxy) is 3. The highest BCUT2D eigenvalue weighted by atomic mass is 16.7. The van der Waals surface area contributed by atoms with Gasteiger partial charge in [-0.15, -0.1) is 0 Å². The number of nitrogens with two attached hydrogens (primary N) is 3. The maximum absolute atomic E-state index is 13.1. The van der Waals surface area contributed by atoms with Gasteiger partial charge in [0.2, 0.25) is 0 Å². The SMILES string of the molecule is CC1(O)COC(OC2C(NC(=O)C3(O)CC3N=C(N)N)CC(N)C(C3OC(CNCC(O)CO)C(O)C(O)C3O)C2O)C(O)C1. The number of carbonyl (C=O) groups is 1. The first-order valence-electron chi connectivity index (χ1n) is 14.9. The van der Waals surface area contributed by atoms with Crippen LogP contribution in [0.5, 0.6) is 0 Å². The van der Waals surface area contributed by atoms with Crippen LogP contribution < -0.4 is 27.8 Å². The summed E-state index contributed by atoms with van der Waals surface area (Å²) in [5.41, 5.74) is 13.9. The highest BCUT2D eigenvalue weighted by molar-refractivity contribution is 5.90. The molecule has 0 aromatic rings. The molecule has 2 saturated heterocycles. The molecule has 0 aromatic carbocycles. The van der Waals surface area contributed by atoms with Crippen LogP contribution in [0.2, 0.25) is 0 Å². The number of hydrogen-bond acceptors (Lipinski definition) is 16. The molecular weight excluding hydrogens is 604 g/mol. The lowest BCUT2D eigenvalue weighted by Gasteiger charge is -2.51. The summed E-state index contributed by atoms with van der Waals surface area (Å²) < 4.78 is 17.5. The van der Waals surface area contributed by atoms with Crippen LogP contribution in [0.4, 0.5) is 0 Å². The Bertz CT molecular complexity index is 1050. The van der Waals surface area contributed by atoms with Gasteiger partial charge in [0.25, 0.3) is 5.91 Å². The molecule has 2 aliphatic heterocycles. The second-order valence-electron chi connectivity index (χ2n) is 12.9. The number of aliphatic hydroxyl groups is 9. The molecule has 16 unspecified atom stereocenters. The lowest BCUT2D eigenvalue weighted by Crippen LogP contribution is -2.70. The van der Waals surface area contributed by atoms with Crippen molar-refractivity contribution in [1.82, 2.24) is 10.6 Å². The Labute approximate surface area is 259 Å². The molecule has 2 heterocycles. The highest BCUT2D eigenvalue weighted by Crippen LogP contribution is 2.41. The quantitative estimate of drug-likeness (QED) is 0.0727. The van der Waals surface area contributed by atoms with Crippen LogP contribution in [0.15, 0.2) is 4.99 Å². The number of hydrogen-bond donors (Lipinski definition) is 14.